The van der Waals surface area contributed by atoms with Crippen molar-refractivity contribution in [3.63, 3.8) is 0 Å². The molecule has 100 valence electrons. The SMILES string of the molecule is CC1CCN(c2cc(CNC(C)(C)C)ccn2)C1. The summed E-state index contributed by atoms with van der Waals surface area (Å²) in [5.41, 5.74) is 1.47. The van der Waals surface area contributed by atoms with Gasteiger partial charge in [0.1, 0.15) is 5.82 Å². The van der Waals surface area contributed by atoms with E-state index >= 15 is 0 Å². The van der Waals surface area contributed by atoms with Gasteiger partial charge in [-0.15, -0.1) is 0 Å². The van der Waals surface area contributed by atoms with Gasteiger partial charge < -0.3 is 10.2 Å². The molecule has 2 rings (SSSR count). The third kappa shape index (κ3) is 3.70. The number of hydrogen-bond acceptors (Lipinski definition) is 3. The fourth-order valence-corrected chi connectivity index (χ4v) is 2.25. The predicted octanol–water partition coefficient (Wildman–Crippen LogP) is 2.82. The van der Waals surface area contributed by atoms with Crippen LogP contribution >= 0.6 is 0 Å². The van der Waals surface area contributed by atoms with Crippen molar-refractivity contribution in [2.75, 3.05) is 18.0 Å². The molecule has 3 heteroatoms. The number of aromatic nitrogens is 1. The molecule has 0 saturated carbocycles. The number of hydrogen-bond donors (Lipinski definition) is 1. The normalized spacial score (nSPS) is 20.4. The molecule has 1 aromatic heterocycles. The molecule has 18 heavy (non-hydrogen) atoms. The Morgan fingerprint density at radius 2 is 2.22 bits per heavy atom. The molecule has 1 unspecified atom stereocenters. The zero-order valence-corrected chi connectivity index (χ0v) is 12.0. The predicted molar refractivity (Wildman–Crippen MR) is 76.8 cm³/mol. The van der Waals surface area contributed by atoms with E-state index in [0.717, 1.165) is 31.4 Å². The molecule has 0 spiro atoms. The van der Waals surface area contributed by atoms with Crippen LogP contribution in [0.15, 0.2) is 18.3 Å². The highest BCUT2D eigenvalue weighted by Gasteiger charge is 2.19. The molecule has 1 saturated heterocycles. The lowest BCUT2D eigenvalue weighted by Gasteiger charge is -2.22. The van der Waals surface area contributed by atoms with Crippen molar-refractivity contribution in [1.29, 1.82) is 0 Å². The first-order valence-electron chi connectivity index (χ1n) is 6.89. The lowest BCUT2D eigenvalue weighted by molar-refractivity contribution is 0.424. The van der Waals surface area contributed by atoms with Crippen molar-refractivity contribution >= 4 is 5.82 Å². The molecule has 1 aliphatic heterocycles. The smallest absolute Gasteiger partial charge is 0.128 e. The van der Waals surface area contributed by atoms with E-state index in [1.165, 1.54) is 12.0 Å². The van der Waals surface area contributed by atoms with Crippen molar-refractivity contribution in [2.24, 2.45) is 5.92 Å². The summed E-state index contributed by atoms with van der Waals surface area (Å²) in [6, 6.07) is 4.32. The minimum absolute atomic E-state index is 0.158. The molecule has 1 aliphatic rings. The monoisotopic (exact) mass is 247 g/mol. The fraction of sp³-hybridized carbons (Fsp3) is 0.667. The van der Waals surface area contributed by atoms with E-state index in [1.807, 2.05) is 6.20 Å². The van der Waals surface area contributed by atoms with E-state index in [4.69, 9.17) is 0 Å². The number of anilines is 1. The molecule has 0 bridgehead atoms. The summed E-state index contributed by atoms with van der Waals surface area (Å²) in [7, 11) is 0. The minimum atomic E-state index is 0.158. The number of nitrogens with one attached hydrogen (secondary N) is 1. The minimum Gasteiger partial charge on any atom is -0.356 e. The zero-order valence-electron chi connectivity index (χ0n) is 12.0. The molecule has 0 aliphatic carbocycles. The van der Waals surface area contributed by atoms with E-state index in [2.05, 4.69) is 55.0 Å². The second-order valence-corrected chi connectivity index (χ2v) is 6.47. The summed E-state index contributed by atoms with van der Waals surface area (Å²) >= 11 is 0. The molecule has 0 radical (unpaired) electrons. The molecule has 1 atom stereocenters. The lowest BCUT2D eigenvalue weighted by Crippen LogP contribution is -2.35. The first-order valence-corrected chi connectivity index (χ1v) is 6.89. The van der Waals surface area contributed by atoms with Crippen LogP contribution in [0.1, 0.15) is 39.7 Å². The van der Waals surface area contributed by atoms with Gasteiger partial charge in [-0.1, -0.05) is 6.92 Å². The second-order valence-electron chi connectivity index (χ2n) is 6.47. The van der Waals surface area contributed by atoms with Gasteiger partial charge >= 0.3 is 0 Å². The summed E-state index contributed by atoms with van der Waals surface area (Å²) in [5, 5.41) is 3.52. The summed E-state index contributed by atoms with van der Waals surface area (Å²) < 4.78 is 0. The number of rotatable bonds is 3. The van der Waals surface area contributed by atoms with Crippen LogP contribution in [-0.2, 0) is 6.54 Å². The molecule has 1 N–H and O–H groups in total. The van der Waals surface area contributed by atoms with Crippen LogP contribution < -0.4 is 10.2 Å². The third-order valence-corrected chi connectivity index (χ3v) is 3.38. The quantitative estimate of drug-likeness (QED) is 0.890. The van der Waals surface area contributed by atoms with Crippen molar-refractivity contribution < 1.29 is 0 Å². The van der Waals surface area contributed by atoms with Gasteiger partial charge in [0.25, 0.3) is 0 Å². The Bertz CT molecular complexity index is 395. The number of pyridine rings is 1. The second kappa shape index (κ2) is 5.27. The van der Waals surface area contributed by atoms with Gasteiger partial charge in [-0.2, -0.15) is 0 Å². The van der Waals surface area contributed by atoms with Crippen LogP contribution in [0.4, 0.5) is 5.82 Å². The zero-order chi connectivity index (χ0) is 13.2. The van der Waals surface area contributed by atoms with Gasteiger partial charge in [0.05, 0.1) is 0 Å². The fourth-order valence-electron chi connectivity index (χ4n) is 2.25. The molecule has 3 nitrogen and oxygen atoms in total. The van der Waals surface area contributed by atoms with Crippen molar-refractivity contribution in [2.45, 2.75) is 46.2 Å². The topological polar surface area (TPSA) is 28.2 Å². The maximum absolute atomic E-state index is 4.50. The Morgan fingerprint density at radius 1 is 1.44 bits per heavy atom. The Morgan fingerprint density at radius 3 is 2.83 bits per heavy atom. The first kappa shape index (κ1) is 13.3. The summed E-state index contributed by atoms with van der Waals surface area (Å²) in [5.74, 6) is 1.93. The van der Waals surface area contributed by atoms with Crippen LogP contribution in [-0.4, -0.2) is 23.6 Å². The Hall–Kier alpha value is -1.09. The molecule has 1 fully saturated rings. The van der Waals surface area contributed by atoms with E-state index in [1.54, 1.807) is 0 Å². The molecular weight excluding hydrogens is 222 g/mol. The van der Waals surface area contributed by atoms with Crippen LogP contribution in [0.5, 0.6) is 0 Å². The van der Waals surface area contributed by atoms with Crippen LogP contribution in [0.3, 0.4) is 0 Å². The summed E-state index contributed by atoms with van der Waals surface area (Å²) in [4.78, 5) is 6.89. The number of nitrogens with zero attached hydrogens (tertiary/aromatic N) is 2. The molecular formula is C15H25N3. The maximum atomic E-state index is 4.50. The summed E-state index contributed by atoms with van der Waals surface area (Å²) in [6.45, 7) is 12.1. The highest BCUT2D eigenvalue weighted by atomic mass is 15.2. The van der Waals surface area contributed by atoms with Gasteiger partial charge in [0, 0.05) is 31.4 Å². The van der Waals surface area contributed by atoms with Gasteiger partial charge in [-0.05, 0) is 50.8 Å². The highest BCUT2D eigenvalue weighted by molar-refractivity contribution is 5.42. The lowest BCUT2D eigenvalue weighted by atomic mass is 10.1. The Labute approximate surface area is 111 Å². The summed E-state index contributed by atoms with van der Waals surface area (Å²) in [6.07, 6.45) is 3.21. The molecule has 0 amide bonds. The van der Waals surface area contributed by atoms with Gasteiger partial charge in [0.2, 0.25) is 0 Å². The van der Waals surface area contributed by atoms with E-state index < -0.39 is 0 Å². The van der Waals surface area contributed by atoms with Crippen molar-refractivity contribution in [3.8, 4) is 0 Å². The Kier molecular flexibility index (Phi) is 3.91. The van der Waals surface area contributed by atoms with Gasteiger partial charge in [-0.3, -0.25) is 0 Å². The molecule has 2 heterocycles. The standard InChI is InChI=1S/C15H25N3/c1-12-6-8-18(11-12)14-9-13(5-7-16-14)10-17-15(2,3)4/h5,7,9,12,17H,6,8,10-11H2,1-4H3. The van der Waals surface area contributed by atoms with E-state index in [9.17, 15) is 0 Å². The van der Waals surface area contributed by atoms with Crippen molar-refractivity contribution in [3.05, 3.63) is 23.9 Å². The largest absolute Gasteiger partial charge is 0.356 e. The highest BCUT2D eigenvalue weighted by Crippen LogP contribution is 2.22. The first-order chi connectivity index (χ1) is 8.44. The van der Waals surface area contributed by atoms with Crippen LogP contribution in [0, 0.1) is 5.92 Å². The third-order valence-electron chi connectivity index (χ3n) is 3.38. The van der Waals surface area contributed by atoms with Gasteiger partial charge in [0.15, 0.2) is 0 Å². The average Bonchev–Trinajstić information content (AvgIpc) is 2.73. The van der Waals surface area contributed by atoms with E-state index in [0.29, 0.717) is 0 Å². The van der Waals surface area contributed by atoms with E-state index in [-0.39, 0.29) is 5.54 Å². The Balaban J connectivity index is 2.01. The average molecular weight is 247 g/mol. The van der Waals surface area contributed by atoms with Crippen molar-refractivity contribution in [1.82, 2.24) is 10.3 Å². The van der Waals surface area contributed by atoms with Crippen LogP contribution in [0.25, 0.3) is 0 Å². The van der Waals surface area contributed by atoms with Gasteiger partial charge in [-0.25, -0.2) is 4.98 Å². The maximum Gasteiger partial charge on any atom is 0.128 e. The van der Waals surface area contributed by atoms with Crippen LogP contribution in [0.2, 0.25) is 0 Å². The molecule has 1 aromatic rings. The molecule has 0 aromatic carbocycles.